The summed E-state index contributed by atoms with van der Waals surface area (Å²) in [6, 6.07) is 0. The van der Waals surface area contributed by atoms with Crippen LogP contribution in [0.3, 0.4) is 0 Å². The van der Waals surface area contributed by atoms with Crippen LogP contribution in [0.2, 0.25) is 0 Å². The summed E-state index contributed by atoms with van der Waals surface area (Å²) in [4.78, 5) is 2.06. The number of hydrogen-bond donors (Lipinski definition) is 3. The number of nitrogens with zero attached hydrogens (tertiary/aromatic N) is 1. The molecule has 0 radical (unpaired) electrons. The van der Waals surface area contributed by atoms with Crippen molar-refractivity contribution in [1.29, 1.82) is 0 Å². The second-order valence-corrected chi connectivity index (χ2v) is 6.94. The van der Waals surface area contributed by atoms with Crippen molar-refractivity contribution >= 4 is 12.6 Å². The van der Waals surface area contributed by atoms with Crippen LogP contribution in [0, 0.1) is 0 Å². The Bertz CT molecular complexity index is 193. The molecule has 0 fully saturated rings. The van der Waals surface area contributed by atoms with Crippen LogP contribution in [0.15, 0.2) is 0 Å². The van der Waals surface area contributed by atoms with Gasteiger partial charge in [0, 0.05) is 13.2 Å². The minimum atomic E-state index is 0.268. The lowest BCUT2D eigenvalue weighted by atomic mass is 10.0. The smallest absolute Gasteiger partial charge is 0.0558 e. The largest absolute Gasteiger partial charge is 0.396 e. The van der Waals surface area contributed by atoms with Crippen molar-refractivity contribution < 1.29 is 10.2 Å². The molecular formula is C22H51NO2S. The zero-order valence-electron chi connectivity index (χ0n) is 18.5. The topological polar surface area (TPSA) is 43.7 Å². The Morgan fingerprint density at radius 2 is 0.923 bits per heavy atom. The molecule has 0 rings (SSSR count). The summed E-state index contributed by atoms with van der Waals surface area (Å²) in [7, 11) is 1.98. The molecule has 0 aromatic heterocycles. The fourth-order valence-electron chi connectivity index (χ4n) is 2.64. The average molecular weight is 394 g/mol. The van der Waals surface area contributed by atoms with Gasteiger partial charge >= 0.3 is 0 Å². The van der Waals surface area contributed by atoms with E-state index in [1.165, 1.54) is 83.5 Å². The number of rotatable bonds is 17. The van der Waals surface area contributed by atoms with Crippen molar-refractivity contribution in [2.24, 2.45) is 0 Å². The Balaban J connectivity index is -0.000000491. The van der Waals surface area contributed by atoms with Gasteiger partial charge in [0.2, 0.25) is 0 Å². The molecule has 0 spiro atoms. The predicted molar refractivity (Wildman–Crippen MR) is 123 cm³/mol. The first kappa shape index (κ1) is 30.9. The highest BCUT2D eigenvalue weighted by Gasteiger charge is 1.93. The lowest BCUT2D eigenvalue weighted by Crippen LogP contribution is -2.20. The molecule has 26 heavy (non-hydrogen) atoms. The SMILES string of the molecule is CCCCCCCCCCCCCCCCO.CCN(C)CCO.CS. The average Bonchev–Trinajstić information content (AvgIpc) is 2.68. The van der Waals surface area contributed by atoms with Gasteiger partial charge in [-0.25, -0.2) is 0 Å². The quantitative estimate of drug-likeness (QED) is 0.212. The maximum Gasteiger partial charge on any atom is 0.0558 e. The van der Waals surface area contributed by atoms with Crippen LogP contribution >= 0.6 is 12.6 Å². The Morgan fingerprint density at radius 1 is 0.577 bits per heavy atom. The van der Waals surface area contributed by atoms with Crippen LogP contribution in [-0.2, 0) is 0 Å². The molecule has 162 valence electrons. The first-order valence-corrected chi connectivity index (χ1v) is 12.0. The summed E-state index contributed by atoms with van der Waals surface area (Å²) in [6.07, 6.45) is 20.9. The number of likely N-dealkylation sites (N-methyl/N-ethyl adjacent to an activating group) is 1. The molecule has 0 aliphatic rings. The fourth-order valence-corrected chi connectivity index (χ4v) is 2.64. The molecule has 0 unspecified atom stereocenters. The highest BCUT2D eigenvalue weighted by atomic mass is 32.1. The first-order chi connectivity index (χ1) is 12.7. The summed E-state index contributed by atoms with van der Waals surface area (Å²) in [5.74, 6) is 0. The molecule has 0 heterocycles. The van der Waals surface area contributed by atoms with Crippen LogP contribution in [0.4, 0.5) is 0 Å². The van der Waals surface area contributed by atoms with Gasteiger partial charge in [0.05, 0.1) is 6.61 Å². The highest BCUT2D eigenvalue weighted by Crippen LogP contribution is 2.12. The molecule has 0 aromatic rings. The van der Waals surface area contributed by atoms with Crippen molar-refractivity contribution in [3.63, 3.8) is 0 Å². The van der Waals surface area contributed by atoms with Gasteiger partial charge in [0.25, 0.3) is 0 Å². The molecule has 0 aromatic carbocycles. The van der Waals surface area contributed by atoms with Crippen molar-refractivity contribution in [2.75, 3.05) is 39.6 Å². The van der Waals surface area contributed by atoms with Crippen molar-refractivity contribution in [1.82, 2.24) is 4.90 Å². The van der Waals surface area contributed by atoms with Crippen molar-refractivity contribution in [2.45, 2.75) is 104 Å². The molecule has 0 amide bonds. The predicted octanol–water partition coefficient (Wildman–Crippen LogP) is 5.94. The van der Waals surface area contributed by atoms with E-state index < -0.39 is 0 Å². The first-order valence-electron chi connectivity index (χ1n) is 11.1. The third-order valence-corrected chi connectivity index (χ3v) is 4.53. The standard InChI is InChI=1S/C16H34O.C5H13NO.CH4S/c1-2-3-4-5-6-7-8-9-10-11-12-13-14-15-16-17;1-3-6(2)4-5-7;1-2/h17H,2-16H2,1H3;7H,3-5H2,1-2H3;2H,1H3. The van der Waals surface area contributed by atoms with E-state index in [0.717, 1.165) is 19.5 Å². The van der Waals surface area contributed by atoms with E-state index in [-0.39, 0.29) is 6.61 Å². The minimum Gasteiger partial charge on any atom is -0.396 e. The van der Waals surface area contributed by atoms with Crippen LogP contribution < -0.4 is 0 Å². The molecule has 0 bridgehead atoms. The Morgan fingerprint density at radius 3 is 1.15 bits per heavy atom. The molecule has 0 saturated heterocycles. The van der Waals surface area contributed by atoms with Gasteiger partial charge in [-0.05, 0) is 26.3 Å². The molecule has 3 nitrogen and oxygen atoms in total. The Kier molecular flexibility index (Phi) is 39.1. The zero-order valence-corrected chi connectivity index (χ0v) is 19.4. The summed E-state index contributed by atoms with van der Waals surface area (Å²) in [6.45, 7) is 6.79. The van der Waals surface area contributed by atoms with Gasteiger partial charge in [0.15, 0.2) is 0 Å². The van der Waals surface area contributed by atoms with Gasteiger partial charge < -0.3 is 15.1 Å². The van der Waals surface area contributed by atoms with Gasteiger partial charge in [-0.15, -0.1) is 0 Å². The molecule has 0 aliphatic carbocycles. The minimum absolute atomic E-state index is 0.268. The third-order valence-electron chi connectivity index (χ3n) is 4.53. The zero-order chi connectivity index (χ0) is 20.3. The monoisotopic (exact) mass is 393 g/mol. The maximum absolute atomic E-state index is 8.64. The number of aliphatic hydroxyl groups is 2. The van der Waals surface area contributed by atoms with Gasteiger partial charge in [0.1, 0.15) is 0 Å². The van der Waals surface area contributed by atoms with E-state index in [1.54, 1.807) is 6.26 Å². The second-order valence-electron chi connectivity index (χ2n) is 6.94. The molecule has 0 atom stereocenters. The summed E-state index contributed by atoms with van der Waals surface area (Å²) in [5.41, 5.74) is 0. The van der Waals surface area contributed by atoms with Gasteiger partial charge in [-0.1, -0.05) is 97.3 Å². The van der Waals surface area contributed by atoms with E-state index in [2.05, 4.69) is 31.4 Å². The fraction of sp³-hybridized carbons (Fsp3) is 1.00. The summed E-state index contributed by atoms with van der Waals surface area (Å²) in [5, 5.41) is 17.0. The lowest BCUT2D eigenvalue weighted by Gasteiger charge is -2.09. The van der Waals surface area contributed by atoms with Crippen LogP contribution in [0.1, 0.15) is 104 Å². The normalized spacial score (nSPS) is 10.2. The number of hydrogen-bond acceptors (Lipinski definition) is 4. The van der Waals surface area contributed by atoms with Crippen LogP contribution in [0.5, 0.6) is 0 Å². The lowest BCUT2D eigenvalue weighted by molar-refractivity contribution is 0.227. The molecule has 0 aliphatic heterocycles. The second kappa shape index (κ2) is 32.9. The highest BCUT2D eigenvalue weighted by molar-refractivity contribution is 7.79. The Hall–Kier alpha value is 0.230. The molecular weight excluding hydrogens is 342 g/mol. The maximum atomic E-state index is 8.64. The molecule has 4 heteroatoms. The number of thiol groups is 1. The van der Waals surface area contributed by atoms with E-state index in [9.17, 15) is 0 Å². The van der Waals surface area contributed by atoms with E-state index in [1.807, 2.05) is 7.05 Å². The van der Waals surface area contributed by atoms with Crippen molar-refractivity contribution in [3.05, 3.63) is 0 Å². The van der Waals surface area contributed by atoms with Gasteiger partial charge in [-0.3, -0.25) is 0 Å². The summed E-state index contributed by atoms with van der Waals surface area (Å²) >= 11 is 3.53. The van der Waals surface area contributed by atoms with E-state index in [0.29, 0.717) is 6.61 Å². The molecule has 2 N–H and O–H groups in total. The van der Waals surface area contributed by atoms with Crippen LogP contribution in [-0.4, -0.2) is 54.7 Å². The van der Waals surface area contributed by atoms with E-state index >= 15 is 0 Å². The summed E-state index contributed by atoms with van der Waals surface area (Å²) < 4.78 is 0. The number of aliphatic hydroxyl groups excluding tert-OH is 2. The van der Waals surface area contributed by atoms with E-state index in [4.69, 9.17) is 10.2 Å². The van der Waals surface area contributed by atoms with Crippen LogP contribution in [0.25, 0.3) is 0 Å². The molecule has 0 saturated carbocycles. The Labute approximate surface area is 171 Å². The number of unbranched alkanes of at least 4 members (excludes halogenated alkanes) is 13. The third kappa shape index (κ3) is 35.4. The van der Waals surface area contributed by atoms with Gasteiger partial charge in [-0.2, -0.15) is 12.6 Å². The van der Waals surface area contributed by atoms with Crippen molar-refractivity contribution in [3.8, 4) is 0 Å².